The first-order chi connectivity index (χ1) is 13.6. The maximum Gasteiger partial charge on any atom is 0.244 e. The van der Waals surface area contributed by atoms with E-state index in [9.17, 15) is 9.18 Å². The number of benzene rings is 2. The standard InChI is InChI=1S/C22H18BrFN2O2/c23-21-10-7-18(24)13-17(21)14-26-22(27)11-6-16-4-8-20(9-5-16)28-15-19-3-1-2-12-25-19/h1-13H,14-15H2,(H,26,27). The number of nitrogens with zero attached hydrogens (tertiary/aromatic N) is 1. The Morgan fingerprint density at radius 3 is 2.71 bits per heavy atom. The van der Waals surface area contributed by atoms with Crippen LogP contribution in [0, 0.1) is 5.82 Å². The molecule has 4 nitrogen and oxygen atoms in total. The van der Waals surface area contributed by atoms with Crippen molar-refractivity contribution in [2.24, 2.45) is 0 Å². The van der Waals surface area contributed by atoms with Crippen molar-refractivity contribution in [1.29, 1.82) is 0 Å². The van der Waals surface area contributed by atoms with Crippen LogP contribution in [0.5, 0.6) is 5.75 Å². The van der Waals surface area contributed by atoms with Crippen LogP contribution in [0.2, 0.25) is 0 Å². The van der Waals surface area contributed by atoms with Gasteiger partial charge in [0.2, 0.25) is 5.91 Å². The molecule has 1 aromatic heterocycles. The average Bonchev–Trinajstić information content (AvgIpc) is 2.73. The van der Waals surface area contributed by atoms with Gasteiger partial charge in [-0.15, -0.1) is 0 Å². The number of halogens is 2. The highest BCUT2D eigenvalue weighted by molar-refractivity contribution is 9.10. The Kier molecular flexibility index (Phi) is 6.92. The quantitative estimate of drug-likeness (QED) is 0.532. The first-order valence-electron chi connectivity index (χ1n) is 8.63. The van der Waals surface area contributed by atoms with Crippen molar-refractivity contribution in [2.75, 3.05) is 0 Å². The lowest BCUT2D eigenvalue weighted by molar-refractivity contribution is -0.116. The van der Waals surface area contributed by atoms with Gasteiger partial charge in [0.25, 0.3) is 0 Å². The summed E-state index contributed by atoms with van der Waals surface area (Å²) < 4.78 is 19.7. The third-order valence-electron chi connectivity index (χ3n) is 3.88. The molecular formula is C22H18BrFN2O2. The summed E-state index contributed by atoms with van der Waals surface area (Å²) in [6, 6.07) is 17.4. The van der Waals surface area contributed by atoms with Gasteiger partial charge in [-0.25, -0.2) is 4.39 Å². The van der Waals surface area contributed by atoms with Crippen LogP contribution >= 0.6 is 15.9 Å². The van der Waals surface area contributed by atoms with Gasteiger partial charge in [0, 0.05) is 23.3 Å². The summed E-state index contributed by atoms with van der Waals surface area (Å²) in [6.07, 6.45) is 4.88. The smallest absolute Gasteiger partial charge is 0.244 e. The Morgan fingerprint density at radius 1 is 1.14 bits per heavy atom. The van der Waals surface area contributed by atoms with Crippen LogP contribution in [-0.4, -0.2) is 10.9 Å². The number of rotatable bonds is 7. The lowest BCUT2D eigenvalue weighted by atomic mass is 10.2. The molecule has 0 spiro atoms. The molecular weight excluding hydrogens is 423 g/mol. The third kappa shape index (κ3) is 6.03. The number of aromatic nitrogens is 1. The van der Waals surface area contributed by atoms with Crippen LogP contribution in [0.1, 0.15) is 16.8 Å². The Labute approximate surface area is 171 Å². The molecule has 0 aliphatic heterocycles. The Bertz CT molecular complexity index is 960. The van der Waals surface area contributed by atoms with Crippen LogP contribution in [-0.2, 0) is 17.9 Å². The molecule has 3 rings (SSSR count). The first-order valence-corrected chi connectivity index (χ1v) is 9.42. The molecule has 0 saturated heterocycles. The molecule has 1 amide bonds. The summed E-state index contributed by atoms with van der Waals surface area (Å²) in [7, 11) is 0. The molecule has 3 aromatic rings. The number of hydrogen-bond acceptors (Lipinski definition) is 3. The molecule has 0 saturated carbocycles. The van der Waals surface area contributed by atoms with Crippen LogP contribution in [0.4, 0.5) is 4.39 Å². The van der Waals surface area contributed by atoms with Crippen molar-refractivity contribution in [3.8, 4) is 5.75 Å². The SMILES string of the molecule is O=C(C=Cc1ccc(OCc2ccccn2)cc1)NCc1cc(F)ccc1Br. The molecule has 142 valence electrons. The topological polar surface area (TPSA) is 51.2 Å². The van der Waals surface area contributed by atoms with Crippen LogP contribution in [0.25, 0.3) is 6.08 Å². The van der Waals surface area contributed by atoms with Gasteiger partial charge < -0.3 is 10.1 Å². The van der Waals surface area contributed by atoms with E-state index in [1.807, 2.05) is 42.5 Å². The second-order valence-electron chi connectivity index (χ2n) is 5.97. The number of carbonyl (C=O) groups excluding carboxylic acids is 1. The predicted molar refractivity (Wildman–Crippen MR) is 110 cm³/mol. The second-order valence-corrected chi connectivity index (χ2v) is 6.82. The number of carbonyl (C=O) groups is 1. The molecule has 0 fully saturated rings. The highest BCUT2D eigenvalue weighted by atomic mass is 79.9. The van der Waals surface area contributed by atoms with Crippen molar-refractivity contribution in [3.63, 3.8) is 0 Å². The van der Waals surface area contributed by atoms with E-state index in [1.165, 1.54) is 18.2 Å². The van der Waals surface area contributed by atoms with Gasteiger partial charge >= 0.3 is 0 Å². The lowest BCUT2D eigenvalue weighted by Gasteiger charge is -2.06. The van der Waals surface area contributed by atoms with Gasteiger partial charge in [-0.1, -0.05) is 34.1 Å². The van der Waals surface area contributed by atoms with Gasteiger partial charge in [0.05, 0.1) is 5.69 Å². The van der Waals surface area contributed by atoms with Crippen LogP contribution in [0.3, 0.4) is 0 Å². The summed E-state index contributed by atoms with van der Waals surface area (Å²) in [5.74, 6) is 0.128. The third-order valence-corrected chi connectivity index (χ3v) is 4.65. The number of pyridine rings is 1. The Hall–Kier alpha value is -2.99. The van der Waals surface area contributed by atoms with E-state index in [0.29, 0.717) is 12.2 Å². The van der Waals surface area contributed by atoms with E-state index in [-0.39, 0.29) is 18.3 Å². The molecule has 28 heavy (non-hydrogen) atoms. The van der Waals surface area contributed by atoms with Crippen molar-refractivity contribution in [1.82, 2.24) is 10.3 Å². The molecule has 0 unspecified atom stereocenters. The number of ether oxygens (including phenoxy) is 1. The molecule has 2 aromatic carbocycles. The second kappa shape index (κ2) is 9.80. The monoisotopic (exact) mass is 440 g/mol. The average molecular weight is 441 g/mol. The Balaban J connectivity index is 1.49. The van der Waals surface area contributed by atoms with E-state index in [0.717, 1.165) is 21.5 Å². The number of hydrogen-bond donors (Lipinski definition) is 1. The van der Waals surface area contributed by atoms with Crippen molar-refractivity contribution < 1.29 is 13.9 Å². The predicted octanol–water partition coefficient (Wildman–Crippen LogP) is 4.89. The minimum Gasteiger partial charge on any atom is -0.487 e. The van der Waals surface area contributed by atoms with E-state index >= 15 is 0 Å². The highest BCUT2D eigenvalue weighted by Crippen LogP contribution is 2.18. The highest BCUT2D eigenvalue weighted by Gasteiger charge is 2.03. The van der Waals surface area contributed by atoms with Gasteiger partial charge in [-0.3, -0.25) is 9.78 Å². The summed E-state index contributed by atoms with van der Waals surface area (Å²) in [5.41, 5.74) is 2.40. The zero-order valence-corrected chi connectivity index (χ0v) is 16.5. The molecule has 1 heterocycles. The minimum atomic E-state index is -0.339. The fraction of sp³-hybridized carbons (Fsp3) is 0.0909. The minimum absolute atomic E-state index is 0.238. The van der Waals surface area contributed by atoms with E-state index in [4.69, 9.17) is 4.74 Å². The summed E-state index contributed by atoms with van der Waals surface area (Å²) >= 11 is 3.34. The van der Waals surface area contributed by atoms with Gasteiger partial charge in [0.15, 0.2) is 0 Å². The van der Waals surface area contributed by atoms with E-state index < -0.39 is 0 Å². The van der Waals surface area contributed by atoms with Gasteiger partial charge in [0.1, 0.15) is 18.2 Å². The lowest BCUT2D eigenvalue weighted by Crippen LogP contribution is -2.20. The van der Waals surface area contributed by atoms with Crippen molar-refractivity contribution in [2.45, 2.75) is 13.2 Å². The normalized spacial score (nSPS) is 10.8. The zero-order valence-electron chi connectivity index (χ0n) is 14.9. The molecule has 0 atom stereocenters. The molecule has 0 bridgehead atoms. The van der Waals surface area contributed by atoms with Crippen LogP contribution < -0.4 is 10.1 Å². The van der Waals surface area contributed by atoms with Gasteiger partial charge in [-0.05, 0) is 59.7 Å². The molecule has 0 aliphatic carbocycles. The van der Waals surface area contributed by atoms with E-state index in [2.05, 4.69) is 26.2 Å². The van der Waals surface area contributed by atoms with Crippen molar-refractivity contribution >= 4 is 27.9 Å². The van der Waals surface area contributed by atoms with Gasteiger partial charge in [-0.2, -0.15) is 0 Å². The maximum atomic E-state index is 13.3. The number of nitrogens with one attached hydrogen (secondary N) is 1. The maximum absolute atomic E-state index is 13.3. The summed E-state index contributed by atoms with van der Waals surface area (Å²) in [6.45, 7) is 0.635. The Morgan fingerprint density at radius 2 is 1.96 bits per heavy atom. The molecule has 1 N–H and O–H groups in total. The fourth-order valence-electron chi connectivity index (χ4n) is 2.41. The largest absolute Gasteiger partial charge is 0.487 e. The molecule has 0 radical (unpaired) electrons. The van der Waals surface area contributed by atoms with Crippen molar-refractivity contribution in [3.05, 3.63) is 100 Å². The molecule has 6 heteroatoms. The molecule has 0 aliphatic rings. The van der Waals surface area contributed by atoms with Crippen LogP contribution in [0.15, 0.2) is 77.4 Å². The fourth-order valence-corrected chi connectivity index (χ4v) is 2.79. The summed E-state index contributed by atoms with van der Waals surface area (Å²) in [4.78, 5) is 16.2. The zero-order chi connectivity index (χ0) is 19.8. The summed E-state index contributed by atoms with van der Waals surface area (Å²) in [5, 5.41) is 2.73. The number of amides is 1. The first kappa shape index (κ1) is 19.8. The van der Waals surface area contributed by atoms with E-state index in [1.54, 1.807) is 18.3 Å².